The molecule has 2 amide bonds. The second kappa shape index (κ2) is 10.6. The van der Waals surface area contributed by atoms with Crippen LogP contribution in [0, 0.1) is 5.82 Å². The minimum atomic E-state index is -0.357. The van der Waals surface area contributed by atoms with Gasteiger partial charge in [-0.3, -0.25) is 9.59 Å². The zero-order chi connectivity index (χ0) is 27.8. The van der Waals surface area contributed by atoms with E-state index in [4.69, 9.17) is 0 Å². The maximum absolute atomic E-state index is 14.8. The fraction of sp³-hybridized carbons (Fsp3) is 0.212. The molecule has 1 fully saturated rings. The highest BCUT2D eigenvalue weighted by Gasteiger charge is 2.31. The van der Waals surface area contributed by atoms with Crippen LogP contribution in [-0.4, -0.2) is 59.8 Å². The molecule has 202 valence electrons. The molecule has 4 aromatic rings. The van der Waals surface area contributed by atoms with Crippen molar-refractivity contribution in [2.24, 2.45) is 0 Å². The van der Waals surface area contributed by atoms with Gasteiger partial charge in [-0.15, -0.1) is 0 Å². The second-order valence-electron chi connectivity index (χ2n) is 10.5. The molecule has 2 N–H and O–H groups in total. The Balaban J connectivity index is 1.46. The van der Waals surface area contributed by atoms with E-state index in [2.05, 4.69) is 22.2 Å². The van der Waals surface area contributed by atoms with E-state index < -0.39 is 0 Å². The number of amides is 2. The third-order valence-electron chi connectivity index (χ3n) is 8.04. The summed E-state index contributed by atoms with van der Waals surface area (Å²) < 4.78 is 14.8. The van der Waals surface area contributed by atoms with Crippen molar-refractivity contribution >= 4 is 29.2 Å². The van der Waals surface area contributed by atoms with Gasteiger partial charge in [0, 0.05) is 47.4 Å². The first kappa shape index (κ1) is 25.8. The SMILES string of the molecule is CN1CCC(N(C)C(=O)c2c[nH]c(/C=C3\C(=O)Nc4cccc(-c5ccccc5F)c43)c2-c2ccccc2)CC1. The number of nitrogens with one attached hydrogen (secondary N) is 2. The Bertz CT molecular complexity index is 1620. The average Bonchev–Trinajstić information content (AvgIpc) is 3.54. The fourth-order valence-electron chi connectivity index (χ4n) is 5.81. The summed E-state index contributed by atoms with van der Waals surface area (Å²) >= 11 is 0. The van der Waals surface area contributed by atoms with Crippen molar-refractivity contribution in [2.45, 2.75) is 18.9 Å². The highest BCUT2D eigenvalue weighted by atomic mass is 19.1. The quantitative estimate of drug-likeness (QED) is 0.302. The van der Waals surface area contributed by atoms with Gasteiger partial charge in [0.25, 0.3) is 11.8 Å². The number of likely N-dealkylation sites (tertiary alicyclic amines) is 1. The Kier molecular flexibility index (Phi) is 6.82. The van der Waals surface area contributed by atoms with Crippen molar-refractivity contribution in [3.05, 3.63) is 102 Å². The van der Waals surface area contributed by atoms with Gasteiger partial charge in [-0.2, -0.15) is 0 Å². The molecule has 1 aromatic heterocycles. The molecule has 3 heterocycles. The van der Waals surface area contributed by atoms with Crippen molar-refractivity contribution < 1.29 is 14.0 Å². The lowest BCUT2D eigenvalue weighted by molar-refractivity contribution is -0.110. The number of benzene rings is 3. The molecule has 6 nitrogen and oxygen atoms in total. The number of H-pyrrole nitrogens is 1. The van der Waals surface area contributed by atoms with Crippen LogP contribution in [0.15, 0.2) is 79.0 Å². The summed E-state index contributed by atoms with van der Waals surface area (Å²) in [6, 6.07) is 21.9. The van der Waals surface area contributed by atoms with Crippen molar-refractivity contribution in [3.8, 4) is 22.3 Å². The average molecular weight is 535 g/mol. The van der Waals surface area contributed by atoms with E-state index in [0.29, 0.717) is 39.2 Å². The first-order valence-electron chi connectivity index (χ1n) is 13.6. The summed E-state index contributed by atoms with van der Waals surface area (Å²) in [5.74, 6) is -0.689. The number of hydrogen-bond acceptors (Lipinski definition) is 3. The van der Waals surface area contributed by atoms with Crippen LogP contribution in [0.4, 0.5) is 10.1 Å². The van der Waals surface area contributed by atoms with Crippen LogP contribution in [-0.2, 0) is 4.79 Å². The number of aromatic nitrogens is 1. The van der Waals surface area contributed by atoms with Gasteiger partial charge in [-0.1, -0.05) is 60.7 Å². The Hall–Kier alpha value is -4.49. The molecule has 0 radical (unpaired) electrons. The molecule has 1 saturated heterocycles. The third kappa shape index (κ3) is 4.62. The van der Waals surface area contributed by atoms with E-state index in [1.165, 1.54) is 6.07 Å². The lowest BCUT2D eigenvalue weighted by Crippen LogP contribution is -2.44. The van der Waals surface area contributed by atoms with Gasteiger partial charge in [-0.25, -0.2) is 4.39 Å². The number of carbonyl (C=O) groups excluding carboxylic acids is 2. The predicted molar refractivity (Wildman–Crippen MR) is 157 cm³/mol. The molecule has 0 spiro atoms. The van der Waals surface area contributed by atoms with Gasteiger partial charge in [-0.05, 0) is 62.3 Å². The van der Waals surface area contributed by atoms with Gasteiger partial charge in [0.05, 0.1) is 11.1 Å². The molecular weight excluding hydrogens is 503 g/mol. The smallest absolute Gasteiger partial charge is 0.256 e. The molecule has 0 aliphatic carbocycles. The molecule has 0 saturated carbocycles. The lowest BCUT2D eigenvalue weighted by atomic mass is 9.93. The number of fused-ring (bicyclic) bond motifs is 1. The standard InChI is InChI=1S/C33H31FN4O2/c1-37-17-15-22(16-18-37)38(2)33(40)26-20-35-29(30(26)21-9-4-3-5-10-21)19-25-31-24(23-11-6-7-13-27(23)34)12-8-14-28(31)36-32(25)39/h3-14,19-20,22,35H,15-18H2,1-2H3,(H,36,39)/b25-19-. The third-order valence-corrected chi connectivity index (χ3v) is 8.04. The number of nitrogens with zero attached hydrogens (tertiary/aromatic N) is 2. The molecule has 7 heteroatoms. The van der Waals surface area contributed by atoms with Crippen LogP contribution in [0.2, 0.25) is 0 Å². The zero-order valence-electron chi connectivity index (χ0n) is 22.6. The Morgan fingerprint density at radius 2 is 1.65 bits per heavy atom. The zero-order valence-corrected chi connectivity index (χ0v) is 22.6. The van der Waals surface area contributed by atoms with Crippen LogP contribution in [0.5, 0.6) is 0 Å². The van der Waals surface area contributed by atoms with E-state index in [0.717, 1.165) is 37.1 Å². The van der Waals surface area contributed by atoms with Gasteiger partial charge in [0.1, 0.15) is 5.82 Å². The van der Waals surface area contributed by atoms with E-state index in [9.17, 15) is 14.0 Å². The lowest BCUT2D eigenvalue weighted by Gasteiger charge is -2.35. The number of anilines is 1. The molecule has 2 aliphatic heterocycles. The summed E-state index contributed by atoms with van der Waals surface area (Å²) in [6.45, 7) is 1.91. The molecule has 0 atom stereocenters. The normalized spacial score (nSPS) is 16.7. The minimum absolute atomic E-state index is 0.0578. The monoisotopic (exact) mass is 534 g/mol. The van der Waals surface area contributed by atoms with Crippen molar-refractivity contribution in [3.63, 3.8) is 0 Å². The van der Waals surface area contributed by atoms with Crippen molar-refractivity contribution in [2.75, 3.05) is 32.5 Å². The number of aromatic amines is 1. The van der Waals surface area contributed by atoms with Gasteiger partial charge in [0.15, 0.2) is 0 Å². The van der Waals surface area contributed by atoms with E-state index in [-0.39, 0.29) is 23.7 Å². The van der Waals surface area contributed by atoms with Crippen molar-refractivity contribution in [1.82, 2.24) is 14.8 Å². The largest absolute Gasteiger partial charge is 0.360 e. The van der Waals surface area contributed by atoms with Gasteiger partial charge >= 0.3 is 0 Å². The highest BCUT2D eigenvalue weighted by Crippen LogP contribution is 2.42. The van der Waals surface area contributed by atoms with Crippen LogP contribution >= 0.6 is 0 Å². The van der Waals surface area contributed by atoms with Crippen LogP contribution in [0.1, 0.15) is 34.5 Å². The summed E-state index contributed by atoms with van der Waals surface area (Å²) in [7, 11) is 3.98. The number of halogens is 1. The first-order valence-corrected chi connectivity index (χ1v) is 13.6. The molecule has 6 rings (SSSR count). The molecule has 2 aliphatic rings. The van der Waals surface area contributed by atoms with E-state index >= 15 is 0 Å². The molecule has 0 unspecified atom stereocenters. The number of rotatable bonds is 5. The summed E-state index contributed by atoms with van der Waals surface area (Å²) in [4.78, 5) is 34.5. The summed E-state index contributed by atoms with van der Waals surface area (Å²) in [5.41, 5.74) is 5.55. The molecule has 40 heavy (non-hydrogen) atoms. The van der Waals surface area contributed by atoms with Crippen LogP contribution < -0.4 is 5.32 Å². The Morgan fingerprint density at radius 3 is 2.40 bits per heavy atom. The van der Waals surface area contributed by atoms with Crippen LogP contribution in [0.25, 0.3) is 33.9 Å². The Morgan fingerprint density at radius 1 is 0.950 bits per heavy atom. The maximum atomic E-state index is 14.8. The highest BCUT2D eigenvalue weighted by molar-refractivity contribution is 6.36. The Labute approximate surface area is 233 Å². The topological polar surface area (TPSA) is 68.4 Å². The second-order valence-corrected chi connectivity index (χ2v) is 10.5. The number of carbonyl (C=O) groups is 2. The summed E-state index contributed by atoms with van der Waals surface area (Å²) in [5, 5.41) is 2.93. The number of hydrogen-bond donors (Lipinski definition) is 2. The van der Waals surface area contributed by atoms with Gasteiger partial charge in [0.2, 0.25) is 0 Å². The van der Waals surface area contributed by atoms with E-state index in [1.807, 2.05) is 60.5 Å². The first-order chi connectivity index (χ1) is 19.4. The molecular formula is C33H31FN4O2. The van der Waals surface area contributed by atoms with Gasteiger partial charge < -0.3 is 20.1 Å². The van der Waals surface area contributed by atoms with Crippen molar-refractivity contribution in [1.29, 1.82) is 0 Å². The molecule has 3 aromatic carbocycles. The molecule has 0 bridgehead atoms. The fourth-order valence-corrected chi connectivity index (χ4v) is 5.81. The van der Waals surface area contributed by atoms with E-state index in [1.54, 1.807) is 30.5 Å². The summed E-state index contributed by atoms with van der Waals surface area (Å²) in [6.07, 6.45) is 5.37. The predicted octanol–water partition coefficient (Wildman–Crippen LogP) is 6.15. The number of piperidine rings is 1. The minimum Gasteiger partial charge on any atom is -0.360 e. The van der Waals surface area contributed by atoms with Crippen LogP contribution in [0.3, 0.4) is 0 Å². The maximum Gasteiger partial charge on any atom is 0.256 e.